The van der Waals surface area contributed by atoms with Crippen molar-refractivity contribution in [2.24, 2.45) is 0 Å². The van der Waals surface area contributed by atoms with Crippen LogP contribution in [0.4, 0.5) is 0 Å². The maximum absolute atomic E-state index is 12.9. The van der Waals surface area contributed by atoms with Gasteiger partial charge in [0.15, 0.2) is 0 Å². The number of rotatable bonds is 4. The molecule has 0 bridgehead atoms. The minimum Gasteiger partial charge on any atom is -0.378 e. The first kappa shape index (κ1) is 18.0. The SMILES string of the molecule is N#Cc1ccc(Cn2cc(C(=O)C(=O)N3CCOCC3)c3ccccc32)cc1. The van der Waals surface area contributed by atoms with Gasteiger partial charge in [0.05, 0.1) is 30.4 Å². The third kappa shape index (κ3) is 3.40. The van der Waals surface area contributed by atoms with Gasteiger partial charge in [-0.3, -0.25) is 9.59 Å². The lowest BCUT2D eigenvalue weighted by atomic mass is 10.1. The van der Waals surface area contributed by atoms with Crippen molar-refractivity contribution in [1.29, 1.82) is 5.26 Å². The number of carbonyl (C=O) groups excluding carboxylic acids is 2. The van der Waals surface area contributed by atoms with Gasteiger partial charge in [0.25, 0.3) is 11.7 Å². The zero-order valence-electron chi connectivity index (χ0n) is 15.3. The minimum absolute atomic E-state index is 0.417. The molecule has 1 aliphatic heterocycles. The fourth-order valence-corrected chi connectivity index (χ4v) is 3.47. The second-order valence-electron chi connectivity index (χ2n) is 6.73. The van der Waals surface area contributed by atoms with Crippen molar-refractivity contribution in [2.75, 3.05) is 26.3 Å². The van der Waals surface area contributed by atoms with Crippen LogP contribution in [0.1, 0.15) is 21.5 Å². The van der Waals surface area contributed by atoms with Gasteiger partial charge in [-0.1, -0.05) is 30.3 Å². The molecule has 1 aromatic heterocycles. The molecule has 0 aliphatic carbocycles. The van der Waals surface area contributed by atoms with Crippen molar-refractivity contribution in [3.8, 4) is 6.07 Å². The summed E-state index contributed by atoms with van der Waals surface area (Å²) < 4.78 is 7.23. The van der Waals surface area contributed by atoms with Gasteiger partial charge in [-0.15, -0.1) is 0 Å². The molecule has 0 atom stereocenters. The molecule has 1 saturated heterocycles. The van der Waals surface area contributed by atoms with Crippen LogP contribution in [0.3, 0.4) is 0 Å². The molecule has 6 nitrogen and oxygen atoms in total. The number of aromatic nitrogens is 1. The van der Waals surface area contributed by atoms with Gasteiger partial charge in [-0.2, -0.15) is 5.26 Å². The van der Waals surface area contributed by atoms with Crippen LogP contribution in [0, 0.1) is 11.3 Å². The summed E-state index contributed by atoms with van der Waals surface area (Å²) in [7, 11) is 0. The van der Waals surface area contributed by atoms with Crippen LogP contribution >= 0.6 is 0 Å². The van der Waals surface area contributed by atoms with E-state index >= 15 is 0 Å². The number of fused-ring (bicyclic) bond motifs is 1. The van der Waals surface area contributed by atoms with E-state index in [1.807, 2.05) is 41.0 Å². The lowest BCUT2D eigenvalue weighted by molar-refractivity contribution is -0.130. The number of hydrogen-bond acceptors (Lipinski definition) is 4. The number of ketones is 1. The third-order valence-corrected chi connectivity index (χ3v) is 4.96. The number of carbonyl (C=O) groups is 2. The molecule has 0 spiro atoms. The molecular weight excluding hydrogens is 354 g/mol. The predicted molar refractivity (Wildman–Crippen MR) is 104 cm³/mol. The molecule has 1 amide bonds. The fourth-order valence-electron chi connectivity index (χ4n) is 3.47. The molecule has 1 fully saturated rings. The van der Waals surface area contributed by atoms with Crippen LogP contribution < -0.4 is 0 Å². The zero-order valence-corrected chi connectivity index (χ0v) is 15.3. The summed E-state index contributed by atoms with van der Waals surface area (Å²) >= 11 is 0. The van der Waals surface area contributed by atoms with Gasteiger partial charge in [0, 0.05) is 36.7 Å². The Morgan fingerprint density at radius 1 is 1.04 bits per heavy atom. The minimum atomic E-state index is -0.489. The van der Waals surface area contributed by atoms with Crippen molar-refractivity contribution >= 4 is 22.6 Å². The van der Waals surface area contributed by atoms with Crippen LogP contribution in [0.15, 0.2) is 54.7 Å². The Hall–Kier alpha value is -3.43. The van der Waals surface area contributed by atoms with E-state index in [4.69, 9.17) is 10.00 Å². The molecule has 140 valence electrons. The summed E-state index contributed by atoms with van der Waals surface area (Å²) in [4.78, 5) is 27.1. The molecule has 0 N–H and O–H groups in total. The van der Waals surface area contributed by atoms with E-state index in [1.54, 1.807) is 23.2 Å². The number of benzene rings is 2. The second kappa shape index (κ2) is 7.67. The average molecular weight is 373 g/mol. The molecule has 4 rings (SSSR count). The van der Waals surface area contributed by atoms with Crippen molar-refractivity contribution in [1.82, 2.24) is 9.47 Å². The molecule has 0 saturated carbocycles. The molecule has 28 heavy (non-hydrogen) atoms. The van der Waals surface area contributed by atoms with Gasteiger partial charge in [0.2, 0.25) is 0 Å². The fraction of sp³-hybridized carbons (Fsp3) is 0.227. The largest absolute Gasteiger partial charge is 0.378 e. The summed E-state index contributed by atoms with van der Waals surface area (Å²) in [6.45, 7) is 2.34. The number of morpholine rings is 1. The van der Waals surface area contributed by atoms with E-state index in [-0.39, 0.29) is 0 Å². The first-order valence-corrected chi connectivity index (χ1v) is 9.15. The molecule has 2 aromatic carbocycles. The highest BCUT2D eigenvalue weighted by Gasteiger charge is 2.27. The summed E-state index contributed by atoms with van der Waals surface area (Å²) in [6, 6.07) is 17.0. The van der Waals surface area contributed by atoms with Crippen LogP contribution in [-0.4, -0.2) is 47.5 Å². The lowest BCUT2D eigenvalue weighted by Crippen LogP contribution is -2.44. The van der Waals surface area contributed by atoms with Gasteiger partial charge < -0.3 is 14.2 Å². The first-order chi connectivity index (χ1) is 13.7. The maximum Gasteiger partial charge on any atom is 0.295 e. The predicted octanol–water partition coefficient (Wildman–Crippen LogP) is 2.60. The van der Waals surface area contributed by atoms with Crippen molar-refractivity contribution in [3.05, 3.63) is 71.4 Å². The van der Waals surface area contributed by atoms with Crippen molar-refractivity contribution in [3.63, 3.8) is 0 Å². The van der Waals surface area contributed by atoms with E-state index in [0.717, 1.165) is 16.5 Å². The molecule has 6 heteroatoms. The van der Waals surface area contributed by atoms with Gasteiger partial charge in [0.1, 0.15) is 0 Å². The van der Waals surface area contributed by atoms with Crippen LogP contribution in [0.25, 0.3) is 10.9 Å². The molecule has 1 aliphatic rings. The maximum atomic E-state index is 12.9. The summed E-state index contributed by atoms with van der Waals surface area (Å²) in [5.41, 5.74) is 2.93. The number of ether oxygens (including phenoxy) is 1. The molecule has 0 radical (unpaired) electrons. The van der Waals surface area contributed by atoms with Crippen LogP contribution in [-0.2, 0) is 16.1 Å². The van der Waals surface area contributed by atoms with E-state index in [0.29, 0.717) is 44.0 Å². The highest BCUT2D eigenvalue weighted by atomic mass is 16.5. The molecule has 2 heterocycles. The number of amides is 1. The Labute approximate surface area is 162 Å². The molecule has 3 aromatic rings. The monoisotopic (exact) mass is 373 g/mol. The Morgan fingerprint density at radius 3 is 2.46 bits per heavy atom. The first-order valence-electron chi connectivity index (χ1n) is 9.15. The number of Topliss-reactive ketones (excluding diaryl/α,β-unsaturated/α-hetero) is 1. The quantitative estimate of drug-likeness (QED) is 0.520. The number of nitriles is 1. The van der Waals surface area contributed by atoms with E-state index in [1.165, 1.54) is 0 Å². The van der Waals surface area contributed by atoms with Gasteiger partial charge in [-0.05, 0) is 23.8 Å². The van der Waals surface area contributed by atoms with E-state index in [9.17, 15) is 9.59 Å². The highest BCUT2D eigenvalue weighted by molar-refractivity contribution is 6.44. The normalized spacial score (nSPS) is 14.0. The average Bonchev–Trinajstić information content (AvgIpc) is 3.12. The highest BCUT2D eigenvalue weighted by Crippen LogP contribution is 2.24. The van der Waals surface area contributed by atoms with Gasteiger partial charge >= 0.3 is 0 Å². The molecular formula is C22H19N3O3. The summed E-state index contributed by atoms with van der Waals surface area (Å²) in [6.07, 6.45) is 1.75. The van der Waals surface area contributed by atoms with Crippen LogP contribution in [0.2, 0.25) is 0 Å². The number of nitrogens with zero attached hydrogens (tertiary/aromatic N) is 3. The Balaban J connectivity index is 1.66. The molecule has 0 unspecified atom stereocenters. The van der Waals surface area contributed by atoms with Gasteiger partial charge in [-0.25, -0.2) is 0 Å². The Bertz CT molecular complexity index is 1070. The van der Waals surface area contributed by atoms with Crippen LogP contribution in [0.5, 0.6) is 0 Å². The second-order valence-corrected chi connectivity index (χ2v) is 6.73. The van der Waals surface area contributed by atoms with Crippen molar-refractivity contribution in [2.45, 2.75) is 6.54 Å². The number of hydrogen-bond donors (Lipinski definition) is 0. The third-order valence-electron chi connectivity index (χ3n) is 4.96. The number of para-hydroxylation sites is 1. The lowest BCUT2D eigenvalue weighted by Gasteiger charge is -2.25. The Morgan fingerprint density at radius 2 is 1.75 bits per heavy atom. The summed E-state index contributed by atoms with van der Waals surface area (Å²) in [5, 5.41) is 9.71. The van der Waals surface area contributed by atoms with E-state index in [2.05, 4.69) is 6.07 Å². The van der Waals surface area contributed by atoms with Crippen molar-refractivity contribution < 1.29 is 14.3 Å². The topological polar surface area (TPSA) is 75.3 Å². The Kier molecular flexibility index (Phi) is 4.92. The zero-order chi connectivity index (χ0) is 19.5. The van der Waals surface area contributed by atoms with E-state index < -0.39 is 11.7 Å². The summed E-state index contributed by atoms with van der Waals surface area (Å²) in [5.74, 6) is -0.971. The smallest absolute Gasteiger partial charge is 0.295 e. The standard InChI is InChI=1S/C22H19N3O3/c23-13-16-5-7-17(8-6-16)14-25-15-19(18-3-1-2-4-20(18)25)21(26)22(27)24-9-11-28-12-10-24/h1-8,15H,9-12,14H2.